The first kappa shape index (κ1) is 23.0. The molecule has 2 aromatic heterocycles. The molecule has 0 N–H and O–H groups in total. The van der Waals surface area contributed by atoms with Crippen molar-refractivity contribution in [3.63, 3.8) is 0 Å². The normalized spacial score (nSPS) is 22.5. The van der Waals surface area contributed by atoms with Crippen LogP contribution < -0.4 is 4.74 Å². The maximum Gasteiger partial charge on any atom is 0.258 e. The first-order valence-corrected chi connectivity index (χ1v) is 11.8. The molecule has 0 radical (unpaired) electrons. The highest BCUT2D eigenvalue weighted by Crippen LogP contribution is 2.32. The van der Waals surface area contributed by atoms with Crippen molar-refractivity contribution in [1.82, 2.24) is 24.4 Å². The fourth-order valence-electron chi connectivity index (χ4n) is 4.95. The molecule has 1 fully saturated rings. The molecule has 10 heteroatoms. The Kier molecular flexibility index (Phi) is 5.93. The van der Waals surface area contributed by atoms with Crippen LogP contribution >= 0.6 is 11.6 Å². The Morgan fingerprint density at radius 3 is 2.85 bits per heavy atom. The second-order valence-corrected chi connectivity index (χ2v) is 9.42. The average molecular weight is 490 g/mol. The van der Waals surface area contributed by atoms with Crippen LogP contribution in [0.5, 0.6) is 5.75 Å². The molecule has 1 aromatic carbocycles. The third kappa shape index (κ3) is 3.80. The Bertz CT molecular complexity index is 1270. The van der Waals surface area contributed by atoms with Gasteiger partial charge in [-0.15, -0.1) is 0 Å². The van der Waals surface area contributed by atoms with Gasteiger partial charge >= 0.3 is 0 Å². The number of hydrogen-bond donors (Lipinski definition) is 0. The first-order chi connectivity index (χ1) is 16.3. The molecule has 2 aliphatic heterocycles. The number of benzene rings is 1. The van der Waals surface area contributed by atoms with Crippen molar-refractivity contribution in [2.45, 2.75) is 58.0 Å². The molecule has 0 aliphatic carbocycles. The fourth-order valence-corrected chi connectivity index (χ4v) is 5.08. The van der Waals surface area contributed by atoms with Crippen molar-refractivity contribution in [3.05, 3.63) is 57.8 Å². The summed E-state index contributed by atoms with van der Waals surface area (Å²) in [6.07, 6.45) is 1.84. The van der Waals surface area contributed by atoms with Crippen LogP contribution in [0.25, 0.3) is 5.65 Å². The summed E-state index contributed by atoms with van der Waals surface area (Å²) in [7, 11) is 1.87. The van der Waals surface area contributed by atoms with Crippen molar-refractivity contribution < 1.29 is 18.3 Å². The number of carbonyl (C=O) groups excluding carboxylic acids is 1. The van der Waals surface area contributed by atoms with Gasteiger partial charge in [0.1, 0.15) is 24.3 Å². The molecular weight excluding hydrogens is 464 g/mol. The topological polar surface area (TPSA) is 63.0 Å². The molecule has 2 aliphatic rings. The van der Waals surface area contributed by atoms with Crippen LogP contribution in [0.2, 0.25) is 5.02 Å². The number of carbonyl (C=O) groups is 1. The van der Waals surface area contributed by atoms with Crippen LogP contribution in [0.4, 0.5) is 8.78 Å². The van der Waals surface area contributed by atoms with Gasteiger partial charge in [-0.1, -0.05) is 18.5 Å². The summed E-state index contributed by atoms with van der Waals surface area (Å²) in [6.45, 7) is 4.53. The third-order valence-corrected chi connectivity index (χ3v) is 7.42. The molecule has 0 spiro atoms. The number of fused-ring (bicyclic) bond motifs is 3. The van der Waals surface area contributed by atoms with Crippen LogP contribution in [0.1, 0.15) is 47.1 Å². The Morgan fingerprint density at radius 2 is 2.12 bits per heavy atom. The number of ether oxygens (including phenoxy) is 1. The maximum absolute atomic E-state index is 14.6. The fraction of sp³-hybridized carbons (Fsp3) is 0.458. The minimum atomic E-state index is -1.03. The zero-order chi connectivity index (χ0) is 24.1. The molecular formula is C24H26ClF2N5O2. The molecule has 0 saturated carbocycles. The van der Waals surface area contributed by atoms with Crippen LogP contribution in [0, 0.1) is 12.7 Å². The number of amides is 1. The number of likely N-dealkylation sites (N-methyl/N-ethyl adjacent to an activating group) is 1. The van der Waals surface area contributed by atoms with Gasteiger partial charge in [0.15, 0.2) is 5.65 Å². The van der Waals surface area contributed by atoms with Gasteiger partial charge in [-0.3, -0.25) is 9.69 Å². The number of nitrogens with zero attached hydrogens (tertiary/aromatic N) is 5. The lowest BCUT2D eigenvalue weighted by Gasteiger charge is -2.26. The van der Waals surface area contributed by atoms with E-state index in [9.17, 15) is 13.6 Å². The van der Waals surface area contributed by atoms with E-state index < -0.39 is 18.0 Å². The van der Waals surface area contributed by atoms with E-state index in [0.29, 0.717) is 30.2 Å². The monoisotopic (exact) mass is 489 g/mol. The van der Waals surface area contributed by atoms with E-state index in [1.165, 1.54) is 18.2 Å². The molecule has 180 valence electrons. The number of likely N-dealkylation sites (tertiary alicyclic amines) is 1. The molecule has 4 heterocycles. The number of halogens is 3. The highest BCUT2D eigenvalue weighted by molar-refractivity contribution is 6.31. The zero-order valence-corrected chi connectivity index (χ0v) is 20.0. The molecule has 1 saturated heterocycles. The van der Waals surface area contributed by atoms with E-state index in [1.807, 2.05) is 25.8 Å². The molecule has 1 amide bonds. The highest BCUT2D eigenvalue weighted by atomic mass is 35.5. The summed E-state index contributed by atoms with van der Waals surface area (Å²) < 4.78 is 36.2. The van der Waals surface area contributed by atoms with E-state index >= 15 is 0 Å². The van der Waals surface area contributed by atoms with Crippen LogP contribution in [0.3, 0.4) is 0 Å². The van der Waals surface area contributed by atoms with Crippen molar-refractivity contribution in [2.24, 2.45) is 0 Å². The summed E-state index contributed by atoms with van der Waals surface area (Å²) in [5.41, 5.74) is 3.28. The lowest BCUT2D eigenvalue weighted by atomic mass is 10.1. The van der Waals surface area contributed by atoms with Crippen molar-refractivity contribution in [2.75, 3.05) is 13.7 Å². The largest absolute Gasteiger partial charge is 0.491 e. The standard InChI is InChI=1S/C24H26ClF2N5O2/c1-4-15-8-19(27)21(30(15)3)12-34-22-7-14(26)5-6-16(22)24(33)31-10-17-20(11-31)29-32-13(2)18(25)9-28-23(17)32/h5-7,9,15,19,21H,4,8,10-12H2,1-3H3. The average Bonchev–Trinajstić information content (AvgIpc) is 3.46. The molecule has 3 unspecified atom stereocenters. The number of aromatic nitrogens is 3. The number of hydrogen-bond acceptors (Lipinski definition) is 5. The quantitative estimate of drug-likeness (QED) is 0.538. The molecule has 0 bridgehead atoms. The summed E-state index contributed by atoms with van der Waals surface area (Å²) in [6, 6.07) is 3.53. The Hall–Kier alpha value is -2.78. The van der Waals surface area contributed by atoms with E-state index in [1.54, 1.807) is 15.6 Å². The van der Waals surface area contributed by atoms with Gasteiger partial charge < -0.3 is 9.64 Å². The number of aryl methyl sites for hydroxylation is 1. The van der Waals surface area contributed by atoms with E-state index in [2.05, 4.69) is 10.1 Å². The van der Waals surface area contributed by atoms with Crippen molar-refractivity contribution >= 4 is 23.2 Å². The zero-order valence-electron chi connectivity index (χ0n) is 19.3. The van der Waals surface area contributed by atoms with Crippen LogP contribution in [0.15, 0.2) is 24.4 Å². The number of alkyl halides is 1. The van der Waals surface area contributed by atoms with Gasteiger partial charge in [-0.2, -0.15) is 5.10 Å². The lowest BCUT2D eigenvalue weighted by molar-refractivity contribution is 0.0741. The highest BCUT2D eigenvalue weighted by Gasteiger charge is 2.39. The SMILES string of the molecule is CCC1CC(F)C(COc2cc(F)ccc2C(=O)N2Cc3nn4c(C)c(Cl)cnc4c3C2)N1C. The van der Waals surface area contributed by atoms with Gasteiger partial charge in [0.25, 0.3) is 5.91 Å². The molecule has 3 atom stereocenters. The predicted octanol–water partition coefficient (Wildman–Crippen LogP) is 4.19. The van der Waals surface area contributed by atoms with Crippen molar-refractivity contribution in [3.8, 4) is 5.75 Å². The van der Waals surface area contributed by atoms with Crippen molar-refractivity contribution in [1.29, 1.82) is 0 Å². The molecule has 5 rings (SSSR count). The van der Waals surface area contributed by atoms with Gasteiger partial charge in [0, 0.05) is 23.9 Å². The number of rotatable bonds is 5. The molecule has 34 heavy (non-hydrogen) atoms. The Morgan fingerprint density at radius 1 is 1.32 bits per heavy atom. The Labute approximate surface area is 201 Å². The second kappa shape index (κ2) is 8.78. The lowest BCUT2D eigenvalue weighted by Crippen LogP contribution is -2.39. The van der Waals surface area contributed by atoms with Gasteiger partial charge in [0.05, 0.1) is 41.1 Å². The summed E-state index contributed by atoms with van der Waals surface area (Å²) in [5.74, 6) is -0.710. The van der Waals surface area contributed by atoms with Gasteiger partial charge in [0.2, 0.25) is 0 Å². The first-order valence-electron chi connectivity index (χ1n) is 11.4. The van der Waals surface area contributed by atoms with Gasteiger partial charge in [-0.05, 0) is 38.9 Å². The molecule has 7 nitrogen and oxygen atoms in total. The minimum Gasteiger partial charge on any atom is -0.491 e. The summed E-state index contributed by atoms with van der Waals surface area (Å²) in [5, 5.41) is 5.09. The van der Waals surface area contributed by atoms with E-state index in [0.717, 1.165) is 23.4 Å². The third-order valence-electron chi connectivity index (χ3n) is 7.05. The minimum absolute atomic E-state index is 0.0377. The van der Waals surface area contributed by atoms with E-state index in [-0.39, 0.29) is 29.9 Å². The summed E-state index contributed by atoms with van der Waals surface area (Å²) in [4.78, 5) is 21.4. The molecule has 3 aromatic rings. The smallest absolute Gasteiger partial charge is 0.258 e. The summed E-state index contributed by atoms with van der Waals surface area (Å²) >= 11 is 6.15. The van der Waals surface area contributed by atoms with Crippen LogP contribution in [-0.2, 0) is 13.1 Å². The predicted molar refractivity (Wildman–Crippen MR) is 123 cm³/mol. The van der Waals surface area contributed by atoms with Gasteiger partial charge in [-0.25, -0.2) is 18.3 Å². The Balaban J connectivity index is 1.36. The van der Waals surface area contributed by atoms with E-state index in [4.69, 9.17) is 16.3 Å². The second-order valence-electron chi connectivity index (χ2n) is 9.01. The van der Waals surface area contributed by atoms with Crippen LogP contribution in [-0.4, -0.2) is 62.2 Å². The maximum atomic E-state index is 14.6.